The number of ether oxygens (including phenoxy) is 2. The van der Waals surface area contributed by atoms with Crippen LogP contribution in [0, 0.1) is 5.41 Å². The second kappa shape index (κ2) is 6.87. The Kier molecular flexibility index (Phi) is 5.10. The number of phenols is 1. The van der Waals surface area contributed by atoms with Crippen LogP contribution in [-0.2, 0) is 9.53 Å². The van der Waals surface area contributed by atoms with Gasteiger partial charge < -0.3 is 24.6 Å². The van der Waals surface area contributed by atoms with Gasteiger partial charge in [-0.2, -0.15) is 0 Å². The molecule has 1 aliphatic heterocycles. The maximum Gasteiger partial charge on any atom is 0.312 e. The van der Waals surface area contributed by atoms with Crippen LogP contribution in [0.25, 0.3) is 0 Å². The van der Waals surface area contributed by atoms with Gasteiger partial charge in [-0.1, -0.05) is 0 Å². The molecule has 1 aromatic carbocycles. The lowest BCUT2D eigenvalue weighted by atomic mass is 9.79. The number of rotatable bonds is 5. The van der Waals surface area contributed by atoms with Crippen molar-refractivity contribution in [3.8, 4) is 11.5 Å². The Balaban J connectivity index is 2.10. The van der Waals surface area contributed by atoms with Gasteiger partial charge in [0.2, 0.25) is 0 Å². The summed E-state index contributed by atoms with van der Waals surface area (Å²) in [6.07, 6.45) is 0.689. The number of carbonyl (C=O) groups excluding carboxylic acids is 1. The smallest absolute Gasteiger partial charge is 0.312 e. The molecule has 0 bridgehead atoms. The van der Waals surface area contributed by atoms with Crippen LogP contribution in [-0.4, -0.2) is 60.9 Å². The van der Waals surface area contributed by atoms with E-state index in [-0.39, 0.29) is 24.0 Å². The zero-order chi connectivity index (χ0) is 17.0. The van der Waals surface area contributed by atoms with Crippen LogP contribution in [0.5, 0.6) is 11.5 Å². The molecule has 126 valence electrons. The van der Waals surface area contributed by atoms with E-state index in [1.807, 2.05) is 0 Å². The van der Waals surface area contributed by atoms with E-state index in [9.17, 15) is 19.8 Å². The largest absolute Gasteiger partial charge is 0.504 e. The van der Waals surface area contributed by atoms with Gasteiger partial charge >= 0.3 is 5.97 Å². The number of benzene rings is 1. The van der Waals surface area contributed by atoms with Crippen molar-refractivity contribution in [2.75, 3.05) is 33.9 Å². The minimum absolute atomic E-state index is 0.0346. The van der Waals surface area contributed by atoms with Gasteiger partial charge in [-0.05, 0) is 31.0 Å². The number of piperidine rings is 1. The van der Waals surface area contributed by atoms with E-state index in [4.69, 9.17) is 9.47 Å². The predicted molar refractivity (Wildman–Crippen MR) is 81.7 cm³/mol. The molecular weight excluding hydrogens is 302 g/mol. The molecule has 1 aliphatic rings. The highest BCUT2D eigenvalue weighted by Crippen LogP contribution is 2.33. The summed E-state index contributed by atoms with van der Waals surface area (Å²) in [6, 6.07) is 4.41. The maximum absolute atomic E-state index is 12.5. The van der Waals surface area contributed by atoms with Crippen LogP contribution < -0.4 is 4.74 Å². The molecule has 1 saturated heterocycles. The summed E-state index contributed by atoms with van der Waals surface area (Å²) in [6.45, 7) is 0.826. The summed E-state index contributed by atoms with van der Waals surface area (Å²) >= 11 is 0. The first-order valence-electron chi connectivity index (χ1n) is 7.32. The van der Waals surface area contributed by atoms with E-state index in [2.05, 4.69) is 0 Å². The molecule has 0 saturated carbocycles. The molecule has 2 N–H and O–H groups in total. The SMILES string of the molecule is COCC1(C(=O)O)CCN(C(=O)c2ccc(O)c(OC)c2)CC1. The Hall–Kier alpha value is -2.28. The highest BCUT2D eigenvalue weighted by Gasteiger charge is 2.42. The highest BCUT2D eigenvalue weighted by atomic mass is 16.5. The lowest BCUT2D eigenvalue weighted by molar-refractivity contribution is -0.155. The number of hydrogen-bond donors (Lipinski definition) is 2. The number of hydrogen-bond acceptors (Lipinski definition) is 5. The average Bonchev–Trinajstić information content (AvgIpc) is 2.55. The van der Waals surface area contributed by atoms with Crippen LogP contribution >= 0.6 is 0 Å². The standard InChI is InChI=1S/C16H21NO6/c1-22-10-16(15(20)21)5-7-17(8-6-16)14(19)11-3-4-12(18)13(9-11)23-2/h3-4,9,18H,5-8,10H2,1-2H3,(H,20,21). The van der Waals surface area contributed by atoms with E-state index >= 15 is 0 Å². The number of carboxylic acid groups (broad SMARTS) is 1. The van der Waals surface area contributed by atoms with Gasteiger partial charge in [0.25, 0.3) is 5.91 Å². The first kappa shape index (κ1) is 17.1. The summed E-state index contributed by atoms with van der Waals surface area (Å²) in [4.78, 5) is 25.6. The lowest BCUT2D eigenvalue weighted by Gasteiger charge is -2.38. The summed E-state index contributed by atoms with van der Waals surface area (Å²) in [7, 11) is 2.89. The zero-order valence-electron chi connectivity index (χ0n) is 13.2. The fourth-order valence-electron chi connectivity index (χ4n) is 2.83. The van der Waals surface area contributed by atoms with E-state index in [1.54, 1.807) is 4.90 Å². The Morgan fingerprint density at radius 3 is 2.43 bits per heavy atom. The molecule has 7 nitrogen and oxygen atoms in total. The molecule has 0 unspecified atom stereocenters. The first-order valence-corrected chi connectivity index (χ1v) is 7.32. The molecule has 23 heavy (non-hydrogen) atoms. The van der Waals surface area contributed by atoms with Crippen molar-refractivity contribution < 1.29 is 29.3 Å². The van der Waals surface area contributed by atoms with Crippen LogP contribution in [0.3, 0.4) is 0 Å². The Morgan fingerprint density at radius 2 is 1.91 bits per heavy atom. The minimum Gasteiger partial charge on any atom is -0.504 e. The molecule has 1 amide bonds. The van der Waals surface area contributed by atoms with Gasteiger partial charge in [0.05, 0.1) is 19.1 Å². The summed E-state index contributed by atoms with van der Waals surface area (Å²) in [5.74, 6) is -0.905. The third-order valence-corrected chi connectivity index (χ3v) is 4.31. The van der Waals surface area contributed by atoms with Gasteiger partial charge in [0, 0.05) is 25.8 Å². The predicted octanol–water partition coefficient (Wildman–Crippen LogP) is 1.35. The number of aromatic hydroxyl groups is 1. The second-order valence-corrected chi connectivity index (χ2v) is 5.70. The third-order valence-electron chi connectivity index (χ3n) is 4.31. The highest BCUT2D eigenvalue weighted by molar-refractivity contribution is 5.95. The van der Waals surface area contributed by atoms with Crippen molar-refractivity contribution in [2.24, 2.45) is 5.41 Å². The van der Waals surface area contributed by atoms with Crippen LogP contribution in [0.15, 0.2) is 18.2 Å². The number of likely N-dealkylation sites (tertiary alicyclic amines) is 1. The molecule has 2 rings (SSSR count). The van der Waals surface area contributed by atoms with Gasteiger partial charge in [0.1, 0.15) is 0 Å². The number of phenolic OH excluding ortho intramolecular Hbond substituents is 1. The van der Waals surface area contributed by atoms with Crippen LogP contribution in [0.2, 0.25) is 0 Å². The van der Waals surface area contributed by atoms with E-state index < -0.39 is 11.4 Å². The van der Waals surface area contributed by atoms with Crippen molar-refractivity contribution in [1.82, 2.24) is 4.90 Å². The molecule has 0 atom stereocenters. The van der Waals surface area contributed by atoms with E-state index in [0.717, 1.165) is 0 Å². The number of amides is 1. The number of carbonyl (C=O) groups is 2. The summed E-state index contributed by atoms with van der Waals surface area (Å²) < 4.78 is 10.0. The number of aliphatic carboxylic acids is 1. The molecule has 0 spiro atoms. The van der Waals surface area contributed by atoms with Gasteiger partial charge in [-0.15, -0.1) is 0 Å². The average molecular weight is 323 g/mol. The third kappa shape index (κ3) is 3.39. The summed E-state index contributed by atoms with van der Waals surface area (Å²) in [5.41, 5.74) is -0.535. The van der Waals surface area contributed by atoms with E-state index in [1.165, 1.54) is 32.4 Å². The Morgan fingerprint density at radius 1 is 1.26 bits per heavy atom. The van der Waals surface area contributed by atoms with E-state index in [0.29, 0.717) is 31.5 Å². The molecular formula is C16H21NO6. The minimum atomic E-state index is -0.932. The van der Waals surface area contributed by atoms with Crippen LogP contribution in [0.1, 0.15) is 23.2 Å². The zero-order valence-corrected chi connectivity index (χ0v) is 13.2. The topological polar surface area (TPSA) is 96.3 Å². The number of methoxy groups -OCH3 is 2. The van der Waals surface area contributed by atoms with Crippen molar-refractivity contribution in [1.29, 1.82) is 0 Å². The molecule has 1 aromatic rings. The van der Waals surface area contributed by atoms with Crippen molar-refractivity contribution in [2.45, 2.75) is 12.8 Å². The first-order chi connectivity index (χ1) is 10.9. The monoisotopic (exact) mass is 323 g/mol. The molecule has 1 heterocycles. The van der Waals surface area contributed by atoms with Crippen molar-refractivity contribution in [3.63, 3.8) is 0 Å². The Bertz CT molecular complexity index is 592. The molecule has 1 fully saturated rings. The fourth-order valence-corrected chi connectivity index (χ4v) is 2.83. The molecule has 0 aromatic heterocycles. The fraction of sp³-hybridized carbons (Fsp3) is 0.500. The second-order valence-electron chi connectivity index (χ2n) is 5.70. The normalized spacial score (nSPS) is 16.9. The van der Waals surface area contributed by atoms with Crippen molar-refractivity contribution in [3.05, 3.63) is 23.8 Å². The molecule has 0 radical (unpaired) electrons. The van der Waals surface area contributed by atoms with Gasteiger partial charge in [0.15, 0.2) is 11.5 Å². The lowest BCUT2D eigenvalue weighted by Crippen LogP contribution is -2.48. The number of carboxylic acids is 1. The van der Waals surface area contributed by atoms with Gasteiger partial charge in [-0.25, -0.2) is 0 Å². The van der Waals surface area contributed by atoms with Crippen LogP contribution in [0.4, 0.5) is 0 Å². The quantitative estimate of drug-likeness (QED) is 0.849. The van der Waals surface area contributed by atoms with Gasteiger partial charge in [-0.3, -0.25) is 9.59 Å². The molecule has 0 aliphatic carbocycles. The molecule has 7 heteroatoms. The maximum atomic E-state index is 12.5. The Labute approximate surface area is 134 Å². The number of nitrogens with zero attached hydrogens (tertiary/aromatic N) is 1. The van der Waals surface area contributed by atoms with Crippen molar-refractivity contribution >= 4 is 11.9 Å². The summed E-state index contributed by atoms with van der Waals surface area (Å²) in [5, 5.41) is 19.0.